The molecule has 0 saturated heterocycles. The molecule has 0 aromatic rings. The van der Waals surface area contributed by atoms with Crippen LogP contribution in [0, 0.1) is 0 Å². The molecule has 1 atom stereocenters. The van der Waals surface area contributed by atoms with Gasteiger partial charge >= 0.3 is 0 Å². The van der Waals surface area contributed by atoms with Crippen LogP contribution in [0.4, 0.5) is 0 Å². The van der Waals surface area contributed by atoms with Crippen molar-refractivity contribution in [1.29, 1.82) is 0 Å². The Morgan fingerprint density at radius 1 is 1.18 bits per heavy atom. The molecule has 1 nitrogen and oxygen atoms in total. The van der Waals surface area contributed by atoms with Gasteiger partial charge in [0.2, 0.25) is 0 Å². The molecule has 1 unspecified atom stereocenters. The molecule has 0 N–H and O–H groups in total. The van der Waals surface area contributed by atoms with Crippen LogP contribution in [0.3, 0.4) is 0 Å². The third-order valence-corrected chi connectivity index (χ3v) is 5.72. The van der Waals surface area contributed by atoms with Gasteiger partial charge in [-0.1, -0.05) is 5.57 Å². The number of hydrogen-bond acceptors (Lipinski definition) is 1. The summed E-state index contributed by atoms with van der Waals surface area (Å²) in [5.74, 6) is 0. The maximum Gasteiger partial charge on any atom is 0.109 e. The zero-order chi connectivity index (χ0) is 7.90. The summed E-state index contributed by atoms with van der Waals surface area (Å²) in [6.45, 7) is 1.97. The van der Waals surface area contributed by atoms with E-state index >= 15 is 0 Å². The molecule has 0 amide bonds. The van der Waals surface area contributed by atoms with E-state index in [4.69, 9.17) is 0 Å². The summed E-state index contributed by atoms with van der Waals surface area (Å²) >= 11 is 0. The first kappa shape index (κ1) is 7.61. The van der Waals surface area contributed by atoms with E-state index in [1.165, 1.54) is 24.6 Å². The van der Waals surface area contributed by atoms with E-state index < -0.39 is 7.14 Å². The number of rotatable bonds is 0. The maximum atomic E-state index is 11.9. The van der Waals surface area contributed by atoms with E-state index in [0.717, 1.165) is 19.0 Å². The fraction of sp³-hybridized carbons (Fsp3) is 0.778. The van der Waals surface area contributed by atoms with Crippen molar-refractivity contribution >= 4 is 7.14 Å². The number of hydrogen-bond donors (Lipinski definition) is 0. The Bertz CT molecular complexity index is 248. The Labute approximate surface area is 68.2 Å². The van der Waals surface area contributed by atoms with Crippen LogP contribution in [-0.4, -0.2) is 12.8 Å². The quantitative estimate of drug-likeness (QED) is 0.510. The highest BCUT2D eigenvalue weighted by molar-refractivity contribution is 7.67. The first-order valence-electron chi connectivity index (χ1n) is 4.48. The fourth-order valence-corrected chi connectivity index (χ4v) is 4.77. The molecule has 62 valence electrons. The topological polar surface area (TPSA) is 17.1 Å². The standard InChI is InChI=1S/C9H15OP/c1-11(10)7-6-8-4-2-3-5-9(8)11/h2-7H2,1H3. The molecular weight excluding hydrogens is 155 g/mol. The van der Waals surface area contributed by atoms with Gasteiger partial charge < -0.3 is 4.57 Å². The zero-order valence-electron chi connectivity index (χ0n) is 7.10. The van der Waals surface area contributed by atoms with E-state index in [0.29, 0.717) is 0 Å². The molecule has 11 heavy (non-hydrogen) atoms. The second kappa shape index (κ2) is 2.48. The summed E-state index contributed by atoms with van der Waals surface area (Å²) in [7, 11) is -1.80. The van der Waals surface area contributed by atoms with Gasteiger partial charge in [0.05, 0.1) is 0 Å². The lowest BCUT2D eigenvalue weighted by molar-refractivity contribution is 0.581. The highest BCUT2D eigenvalue weighted by atomic mass is 31.2. The van der Waals surface area contributed by atoms with Gasteiger partial charge in [-0.05, 0) is 44.1 Å². The highest BCUT2D eigenvalue weighted by Crippen LogP contribution is 2.61. The predicted octanol–water partition coefficient (Wildman–Crippen LogP) is 3.21. The molecule has 0 spiro atoms. The second-order valence-corrected chi connectivity index (χ2v) is 7.02. The zero-order valence-corrected chi connectivity index (χ0v) is 7.99. The van der Waals surface area contributed by atoms with E-state index in [1.54, 1.807) is 5.57 Å². The average Bonchev–Trinajstić information content (AvgIpc) is 2.29. The maximum absolute atomic E-state index is 11.9. The molecule has 2 heteroatoms. The SMILES string of the molecule is CP1(=O)CCC2=C1CCCC2. The summed E-state index contributed by atoms with van der Waals surface area (Å²) in [4.78, 5) is 0. The summed E-state index contributed by atoms with van der Waals surface area (Å²) in [5, 5.41) is 1.38. The molecule has 0 aromatic carbocycles. The largest absolute Gasteiger partial charge is 0.319 e. The van der Waals surface area contributed by atoms with Crippen molar-refractivity contribution in [3.8, 4) is 0 Å². The molecule has 2 aliphatic rings. The lowest BCUT2D eigenvalue weighted by atomic mass is 9.98. The predicted molar refractivity (Wildman–Crippen MR) is 48.5 cm³/mol. The fourth-order valence-electron chi connectivity index (χ4n) is 2.28. The van der Waals surface area contributed by atoms with Gasteiger partial charge in [0.1, 0.15) is 7.14 Å². The molecule has 2 rings (SSSR count). The van der Waals surface area contributed by atoms with Crippen LogP contribution in [-0.2, 0) is 4.57 Å². The van der Waals surface area contributed by atoms with E-state index in [2.05, 4.69) is 0 Å². The molecule has 0 saturated carbocycles. The van der Waals surface area contributed by atoms with Crippen LogP contribution in [0.1, 0.15) is 32.1 Å². The Morgan fingerprint density at radius 2 is 1.91 bits per heavy atom. The molecule has 1 aliphatic heterocycles. The van der Waals surface area contributed by atoms with Crippen molar-refractivity contribution in [2.24, 2.45) is 0 Å². The van der Waals surface area contributed by atoms with Crippen LogP contribution >= 0.6 is 7.14 Å². The lowest BCUT2D eigenvalue weighted by Crippen LogP contribution is -1.93. The van der Waals surface area contributed by atoms with Crippen molar-refractivity contribution < 1.29 is 4.57 Å². The smallest absolute Gasteiger partial charge is 0.109 e. The van der Waals surface area contributed by atoms with Gasteiger partial charge in [-0.15, -0.1) is 0 Å². The van der Waals surface area contributed by atoms with Gasteiger partial charge in [-0.2, -0.15) is 0 Å². The van der Waals surface area contributed by atoms with Crippen LogP contribution in [0.2, 0.25) is 0 Å². The normalized spacial score (nSPS) is 37.5. The monoisotopic (exact) mass is 170 g/mol. The van der Waals surface area contributed by atoms with Gasteiger partial charge in [0, 0.05) is 6.16 Å². The van der Waals surface area contributed by atoms with Crippen molar-refractivity contribution in [3.05, 3.63) is 10.9 Å². The van der Waals surface area contributed by atoms with Crippen LogP contribution < -0.4 is 0 Å². The molecule has 0 aromatic heterocycles. The van der Waals surface area contributed by atoms with Gasteiger partial charge in [0.15, 0.2) is 0 Å². The third-order valence-electron chi connectivity index (χ3n) is 2.96. The minimum Gasteiger partial charge on any atom is -0.319 e. The first-order valence-corrected chi connectivity index (χ1v) is 6.82. The Kier molecular flexibility index (Phi) is 1.72. The van der Waals surface area contributed by atoms with Crippen molar-refractivity contribution in [2.75, 3.05) is 12.8 Å². The minimum atomic E-state index is -1.80. The van der Waals surface area contributed by atoms with Crippen molar-refractivity contribution in [2.45, 2.75) is 32.1 Å². The summed E-state index contributed by atoms with van der Waals surface area (Å²) in [6, 6.07) is 0. The van der Waals surface area contributed by atoms with E-state index in [9.17, 15) is 4.57 Å². The molecule has 0 bridgehead atoms. The molecule has 1 aliphatic carbocycles. The molecule has 0 radical (unpaired) electrons. The van der Waals surface area contributed by atoms with Crippen LogP contribution in [0.15, 0.2) is 10.9 Å². The third kappa shape index (κ3) is 1.20. The van der Waals surface area contributed by atoms with Crippen LogP contribution in [0.25, 0.3) is 0 Å². The Hall–Kier alpha value is -0.0300. The first-order chi connectivity index (χ1) is 5.20. The van der Waals surface area contributed by atoms with Crippen molar-refractivity contribution in [1.82, 2.24) is 0 Å². The average molecular weight is 170 g/mol. The van der Waals surface area contributed by atoms with E-state index in [1.807, 2.05) is 6.66 Å². The number of allylic oxidation sites excluding steroid dienone is 2. The summed E-state index contributed by atoms with van der Waals surface area (Å²) < 4.78 is 11.9. The highest BCUT2D eigenvalue weighted by Gasteiger charge is 2.31. The summed E-state index contributed by atoms with van der Waals surface area (Å²) in [6.07, 6.45) is 7.10. The summed E-state index contributed by atoms with van der Waals surface area (Å²) in [5.41, 5.74) is 1.56. The Balaban J connectivity index is 2.36. The molecule has 0 fully saturated rings. The molecular formula is C9H15OP. The van der Waals surface area contributed by atoms with Gasteiger partial charge in [-0.25, -0.2) is 0 Å². The lowest BCUT2D eigenvalue weighted by Gasteiger charge is -2.16. The Morgan fingerprint density at radius 3 is 2.64 bits per heavy atom. The molecule has 1 heterocycles. The van der Waals surface area contributed by atoms with Crippen LogP contribution in [0.5, 0.6) is 0 Å². The van der Waals surface area contributed by atoms with Gasteiger partial charge in [-0.3, -0.25) is 0 Å². The van der Waals surface area contributed by atoms with Crippen molar-refractivity contribution in [3.63, 3.8) is 0 Å². The van der Waals surface area contributed by atoms with Gasteiger partial charge in [0.25, 0.3) is 0 Å². The van der Waals surface area contributed by atoms with E-state index in [-0.39, 0.29) is 0 Å². The minimum absolute atomic E-state index is 0.970. The second-order valence-electron chi connectivity index (χ2n) is 3.83.